The number of benzene rings is 1. The summed E-state index contributed by atoms with van der Waals surface area (Å²) in [4.78, 5) is 11.2. The molecule has 1 aromatic rings. The summed E-state index contributed by atoms with van der Waals surface area (Å²) in [6.07, 6.45) is 0.581. The number of rotatable bonds is 6. The van der Waals surface area contributed by atoms with Gasteiger partial charge in [-0.3, -0.25) is 4.31 Å². The molecule has 0 aromatic heterocycles. The summed E-state index contributed by atoms with van der Waals surface area (Å²) in [5.74, 6) is 0. The topological polar surface area (TPSA) is 75.7 Å². The van der Waals surface area contributed by atoms with Gasteiger partial charge in [-0.15, -0.1) is 0 Å². The summed E-state index contributed by atoms with van der Waals surface area (Å²) in [6, 6.07) is 5.34. The predicted molar refractivity (Wildman–Crippen MR) is 86.1 cm³/mol. The van der Waals surface area contributed by atoms with E-state index in [0.29, 0.717) is 5.69 Å². The first-order chi connectivity index (χ1) is 9.75. The number of anilines is 1. The standard InChI is InChI=1S/C13H19BrN2O4S/c1-4-20-13(17)15-7-8-16(21(3,18)19)12-6-5-11(14)9-10(12)2/h5-6,9H,4,7-8H2,1-3H3,(H,15,17). The molecule has 0 saturated heterocycles. The fourth-order valence-corrected chi connectivity index (χ4v) is 3.27. The molecule has 21 heavy (non-hydrogen) atoms. The van der Waals surface area contributed by atoms with Crippen molar-refractivity contribution in [2.24, 2.45) is 0 Å². The quantitative estimate of drug-likeness (QED) is 0.823. The smallest absolute Gasteiger partial charge is 0.407 e. The number of amides is 1. The lowest BCUT2D eigenvalue weighted by Gasteiger charge is -2.24. The number of nitrogens with zero attached hydrogens (tertiary/aromatic N) is 1. The zero-order valence-electron chi connectivity index (χ0n) is 12.2. The van der Waals surface area contributed by atoms with Crippen molar-refractivity contribution in [1.29, 1.82) is 0 Å². The van der Waals surface area contributed by atoms with Crippen LogP contribution < -0.4 is 9.62 Å². The van der Waals surface area contributed by atoms with Crippen LogP contribution in [0.25, 0.3) is 0 Å². The molecule has 0 unspecified atom stereocenters. The van der Waals surface area contributed by atoms with Crippen LogP contribution in [-0.4, -0.2) is 40.5 Å². The Kier molecular flexibility index (Phi) is 6.47. The molecule has 1 aromatic carbocycles. The number of aryl methyl sites for hydroxylation is 1. The van der Waals surface area contributed by atoms with Gasteiger partial charge in [0.25, 0.3) is 0 Å². The fourth-order valence-electron chi connectivity index (χ4n) is 1.81. The third-order valence-electron chi connectivity index (χ3n) is 2.69. The SMILES string of the molecule is CCOC(=O)NCCN(c1ccc(Br)cc1C)S(C)(=O)=O. The van der Waals surface area contributed by atoms with Crippen molar-refractivity contribution in [2.45, 2.75) is 13.8 Å². The summed E-state index contributed by atoms with van der Waals surface area (Å²) in [5.41, 5.74) is 1.41. The van der Waals surface area contributed by atoms with Gasteiger partial charge in [-0.2, -0.15) is 0 Å². The van der Waals surface area contributed by atoms with Crippen molar-refractivity contribution < 1.29 is 17.9 Å². The highest BCUT2D eigenvalue weighted by atomic mass is 79.9. The monoisotopic (exact) mass is 378 g/mol. The average molecular weight is 379 g/mol. The second-order valence-electron chi connectivity index (χ2n) is 4.41. The van der Waals surface area contributed by atoms with E-state index < -0.39 is 16.1 Å². The number of carbonyl (C=O) groups excluding carboxylic acids is 1. The van der Waals surface area contributed by atoms with E-state index in [1.54, 1.807) is 19.1 Å². The van der Waals surface area contributed by atoms with E-state index in [0.717, 1.165) is 16.3 Å². The second kappa shape index (κ2) is 7.65. The van der Waals surface area contributed by atoms with Crippen LogP contribution >= 0.6 is 15.9 Å². The number of carbonyl (C=O) groups is 1. The molecule has 0 fully saturated rings. The molecule has 8 heteroatoms. The van der Waals surface area contributed by atoms with Crippen LogP contribution in [-0.2, 0) is 14.8 Å². The van der Waals surface area contributed by atoms with E-state index >= 15 is 0 Å². The van der Waals surface area contributed by atoms with Crippen LogP contribution in [0.2, 0.25) is 0 Å². The zero-order valence-corrected chi connectivity index (χ0v) is 14.6. The van der Waals surface area contributed by atoms with Crippen molar-refractivity contribution in [3.8, 4) is 0 Å². The van der Waals surface area contributed by atoms with E-state index in [1.807, 2.05) is 13.0 Å². The molecular formula is C13H19BrN2O4S. The second-order valence-corrected chi connectivity index (χ2v) is 7.24. The molecule has 1 rings (SSSR count). The number of nitrogens with one attached hydrogen (secondary N) is 1. The Bertz CT molecular complexity index is 604. The Morgan fingerprint density at radius 1 is 1.43 bits per heavy atom. The van der Waals surface area contributed by atoms with Gasteiger partial charge in [0.1, 0.15) is 0 Å². The lowest BCUT2D eigenvalue weighted by Crippen LogP contribution is -2.38. The van der Waals surface area contributed by atoms with Crippen LogP contribution in [0.4, 0.5) is 10.5 Å². The normalized spacial score (nSPS) is 11.0. The summed E-state index contributed by atoms with van der Waals surface area (Å²) in [6.45, 7) is 4.11. The molecule has 6 nitrogen and oxygen atoms in total. The minimum Gasteiger partial charge on any atom is -0.450 e. The first-order valence-corrected chi connectivity index (χ1v) is 9.04. The first kappa shape index (κ1) is 17.8. The summed E-state index contributed by atoms with van der Waals surface area (Å²) in [5, 5.41) is 2.51. The summed E-state index contributed by atoms with van der Waals surface area (Å²) in [7, 11) is -3.44. The highest BCUT2D eigenvalue weighted by molar-refractivity contribution is 9.10. The van der Waals surface area contributed by atoms with Crippen molar-refractivity contribution in [1.82, 2.24) is 5.32 Å². The van der Waals surface area contributed by atoms with Crippen molar-refractivity contribution in [3.05, 3.63) is 28.2 Å². The Labute approximate surface area is 133 Å². The van der Waals surface area contributed by atoms with Crippen molar-refractivity contribution in [3.63, 3.8) is 0 Å². The highest BCUT2D eigenvalue weighted by Gasteiger charge is 2.19. The maximum atomic E-state index is 11.9. The minimum absolute atomic E-state index is 0.139. The van der Waals surface area contributed by atoms with Crippen molar-refractivity contribution >= 4 is 37.7 Å². The van der Waals surface area contributed by atoms with Gasteiger partial charge in [-0.25, -0.2) is 13.2 Å². The van der Waals surface area contributed by atoms with Gasteiger partial charge in [0, 0.05) is 11.0 Å². The van der Waals surface area contributed by atoms with E-state index in [9.17, 15) is 13.2 Å². The van der Waals surface area contributed by atoms with Gasteiger partial charge >= 0.3 is 6.09 Å². The molecule has 0 aliphatic carbocycles. The van der Waals surface area contributed by atoms with Gasteiger partial charge in [-0.05, 0) is 37.6 Å². The molecule has 0 heterocycles. The molecular weight excluding hydrogens is 360 g/mol. The molecule has 0 aliphatic heterocycles. The van der Waals surface area contributed by atoms with Crippen LogP contribution in [0.1, 0.15) is 12.5 Å². The maximum Gasteiger partial charge on any atom is 0.407 e. The number of halogens is 1. The Morgan fingerprint density at radius 3 is 2.62 bits per heavy atom. The maximum absolute atomic E-state index is 11.9. The zero-order chi connectivity index (χ0) is 16.0. The number of alkyl carbamates (subject to hydrolysis) is 1. The Morgan fingerprint density at radius 2 is 2.10 bits per heavy atom. The largest absolute Gasteiger partial charge is 0.450 e. The molecule has 1 amide bonds. The first-order valence-electron chi connectivity index (χ1n) is 6.40. The molecule has 0 saturated carbocycles. The molecule has 0 atom stereocenters. The number of ether oxygens (including phenoxy) is 1. The molecule has 0 aliphatic rings. The molecule has 1 N–H and O–H groups in total. The van der Waals surface area contributed by atoms with Gasteiger partial charge in [-0.1, -0.05) is 15.9 Å². The van der Waals surface area contributed by atoms with E-state index in [2.05, 4.69) is 21.2 Å². The number of hydrogen-bond acceptors (Lipinski definition) is 4. The van der Waals surface area contributed by atoms with E-state index in [1.165, 1.54) is 4.31 Å². The average Bonchev–Trinajstić information content (AvgIpc) is 2.35. The van der Waals surface area contributed by atoms with Gasteiger partial charge in [0.15, 0.2) is 0 Å². The number of sulfonamides is 1. The Hall–Kier alpha value is -1.28. The summed E-state index contributed by atoms with van der Waals surface area (Å²) >= 11 is 3.34. The van der Waals surface area contributed by atoms with Gasteiger partial charge in [0.2, 0.25) is 10.0 Å². The molecule has 118 valence electrons. The third-order valence-corrected chi connectivity index (χ3v) is 4.36. The van der Waals surface area contributed by atoms with Crippen LogP contribution in [0, 0.1) is 6.92 Å². The summed E-state index contributed by atoms with van der Waals surface area (Å²) < 4.78 is 30.8. The van der Waals surface area contributed by atoms with Crippen molar-refractivity contribution in [2.75, 3.05) is 30.3 Å². The lowest BCUT2D eigenvalue weighted by molar-refractivity contribution is 0.152. The fraction of sp³-hybridized carbons (Fsp3) is 0.462. The van der Waals surface area contributed by atoms with Crippen LogP contribution in [0.3, 0.4) is 0 Å². The van der Waals surface area contributed by atoms with Gasteiger partial charge < -0.3 is 10.1 Å². The minimum atomic E-state index is -3.44. The lowest BCUT2D eigenvalue weighted by atomic mass is 10.2. The molecule has 0 radical (unpaired) electrons. The highest BCUT2D eigenvalue weighted by Crippen LogP contribution is 2.25. The third kappa shape index (κ3) is 5.55. The molecule has 0 spiro atoms. The number of hydrogen-bond donors (Lipinski definition) is 1. The Balaban J connectivity index is 2.85. The molecule has 0 bridgehead atoms. The van der Waals surface area contributed by atoms with Gasteiger partial charge in [0.05, 0.1) is 25.1 Å². The predicted octanol–water partition coefficient (Wildman–Crippen LogP) is 2.27. The van der Waals surface area contributed by atoms with E-state index in [-0.39, 0.29) is 19.7 Å². The van der Waals surface area contributed by atoms with E-state index in [4.69, 9.17) is 4.74 Å². The van der Waals surface area contributed by atoms with Crippen LogP contribution in [0.15, 0.2) is 22.7 Å². The van der Waals surface area contributed by atoms with Crippen LogP contribution in [0.5, 0.6) is 0 Å².